The van der Waals surface area contributed by atoms with Gasteiger partial charge in [-0.1, -0.05) is 103 Å². The molecule has 0 fully saturated rings. The van der Waals surface area contributed by atoms with Crippen molar-refractivity contribution in [3.05, 3.63) is 0 Å². The quantitative estimate of drug-likeness (QED) is 0.0748. The normalized spacial score (nSPS) is 16.6. The minimum Gasteiger partial charge on any atom is -0.368 e. The zero-order chi connectivity index (χ0) is 22.1. The third-order valence-corrected chi connectivity index (χ3v) is 8.25. The van der Waals surface area contributed by atoms with Gasteiger partial charge >= 0.3 is 0 Å². The lowest BCUT2D eigenvalue weighted by Gasteiger charge is -2.28. The summed E-state index contributed by atoms with van der Waals surface area (Å²) in [6, 6.07) is 0. The van der Waals surface area contributed by atoms with Crippen LogP contribution in [0.3, 0.4) is 0 Å². The van der Waals surface area contributed by atoms with Crippen LogP contribution < -0.4 is 0 Å². The van der Waals surface area contributed by atoms with E-state index in [-0.39, 0.29) is 6.10 Å². The molecule has 0 bridgehead atoms. The predicted octanol–water partition coefficient (Wildman–Crippen LogP) is 7.42. The average Bonchev–Trinajstić information content (AvgIpc) is 2.61. The molecular weight excluding hydrogens is 494 g/mol. The second-order valence-corrected chi connectivity index (χ2v) is 12.2. The number of halogens is 2. The van der Waals surface area contributed by atoms with Crippen LogP contribution in [0.5, 0.6) is 0 Å². The zero-order valence-corrected chi connectivity index (χ0v) is 23.1. The van der Waals surface area contributed by atoms with Gasteiger partial charge in [0.1, 0.15) is 12.6 Å². The lowest BCUT2D eigenvalue weighted by atomic mass is 10.0. The van der Waals surface area contributed by atoms with Crippen LogP contribution in [0.1, 0.15) is 104 Å². The van der Waals surface area contributed by atoms with Crippen LogP contribution >= 0.6 is 31.9 Å². The van der Waals surface area contributed by atoms with Crippen molar-refractivity contribution in [2.75, 3.05) is 27.7 Å². The molecule has 0 aliphatic carbocycles. The summed E-state index contributed by atoms with van der Waals surface area (Å²) in [4.78, 5) is 1.20. The highest BCUT2D eigenvalue weighted by Crippen LogP contribution is 2.25. The Morgan fingerprint density at radius 1 is 0.724 bits per heavy atom. The Bertz CT molecular complexity index is 363. The molecule has 0 aliphatic rings. The van der Waals surface area contributed by atoms with Gasteiger partial charge in [0.15, 0.2) is 6.29 Å². The number of hydrogen-bond donors (Lipinski definition) is 1. The Kier molecular flexibility index (Phi) is 18.9. The summed E-state index contributed by atoms with van der Waals surface area (Å²) in [5.74, 6) is 0. The van der Waals surface area contributed by atoms with Crippen molar-refractivity contribution in [2.45, 2.75) is 126 Å². The Morgan fingerprint density at radius 2 is 1.14 bits per heavy atom. The van der Waals surface area contributed by atoms with Gasteiger partial charge in [-0.3, -0.25) is 0 Å². The third kappa shape index (κ3) is 20.5. The van der Waals surface area contributed by atoms with Gasteiger partial charge in [0.05, 0.1) is 21.1 Å². The average molecular weight is 544 g/mol. The summed E-state index contributed by atoms with van der Waals surface area (Å²) in [6.07, 6.45) is 17.1. The van der Waals surface area contributed by atoms with Crippen molar-refractivity contribution < 1.29 is 14.3 Å². The fourth-order valence-corrected chi connectivity index (χ4v) is 5.00. The summed E-state index contributed by atoms with van der Waals surface area (Å²) in [6.45, 7) is 5.24. The fraction of sp³-hybridized carbons (Fsp3) is 1.00. The molecule has 3 nitrogen and oxygen atoms in total. The van der Waals surface area contributed by atoms with Crippen LogP contribution in [0.15, 0.2) is 0 Å². The van der Waals surface area contributed by atoms with E-state index in [0.717, 1.165) is 23.9 Å². The Morgan fingerprint density at radius 3 is 1.59 bits per heavy atom. The fourth-order valence-electron chi connectivity index (χ4n) is 3.82. The minimum absolute atomic E-state index is 0.0920. The van der Waals surface area contributed by atoms with E-state index >= 15 is 0 Å². The molecule has 1 N–H and O–H groups in total. The lowest BCUT2D eigenvalue weighted by molar-refractivity contribution is -0.873. The van der Waals surface area contributed by atoms with Crippen LogP contribution in [0.25, 0.3) is 0 Å². The molecule has 0 saturated heterocycles. The van der Waals surface area contributed by atoms with Gasteiger partial charge in [0, 0.05) is 9.65 Å². The van der Waals surface area contributed by atoms with E-state index in [9.17, 15) is 5.11 Å². The molecule has 4 atom stereocenters. The summed E-state index contributed by atoms with van der Waals surface area (Å²) < 4.78 is 6.56. The summed E-state index contributed by atoms with van der Waals surface area (Å²) in [5.41, 5.74) is 0. The Hall–Kier alpha value is 0.840. The SMILES string of the molecule is CCCCCCCCC(Br)C(Br)CCCCCCCC(O)OC(C)C[N+](C)(C)C. The number of aliphatic hydroxyl groups is 1. The van der Waals surface area contributed by atoms with E-state index in [1.165, 1.54) is 77.0 Å². The zero-order valence-electron chi connectivity index (χ0n) is 20.0. The van der Waals surface area contributed by atoms with Crippen molar-refractivity contribution in [1.82, 2.24) is 0 Å². The smallest absolute Gasteiger partial charge is 0.155 e. The summed E-state index contributed by atoms with van der Waals surface area (Å²) in [7, 11) is 6.45. The molecular formula is C24H50Br2NO2+. The van der Waals surface area contributed by atoms with Gasteiger partial charge in [0.2, 0.25) is 0 Å². The van der Waals surface area contributed by atoms with Crippen molar-refractivity contribution in [3.63, 3.8) is 0 Å². The van der Waals surface area contributed by atoms with Gasteiger partial charge in [0.25, 0.3) is 0 Å². The molecule has 0 aromatic rings. The molecule has 0 saturated carbocycles. The number of ether oxygens (including phenoxy) is 1. The number of quaternary nitrogens is 1. The van der Waals surface area contributed by atoms with Gasteiger partial charge in [-0.25, -0.2) is 0 Å². The molecule has 0 rings (SSSR count). The van der Waals surface area contributed by atoms with Gasteiger partial charge in [-0.2, -0.15) is 0 Å². The van der Waals surface area contributed by atoms with E-state index in [1.807, 2.05) is 6.92 Å². The first kappa shape index (κ1) is 29.8. The highest BCUT2D eigenvalue weighted by Gasteiger charge is 2.17. The first-order valence-electron chi connectivity index (χ1n) is 12.1. The van der Waals surface area contributed by atoms with E-state index in [1.54, 1.807) is 0 Å². The molecule has 0 aromatic heterocycles. The second-order valence-electron chi connectivity index (χ2n) is 9.81. The highest BCUT2D eigenvalue weighted by molar-refractivity contribution is 9.12. The number of alkyl halides is 2. The van der Waals surface area contributed by atoms with Gasteiger partial charge in [-0.15, -0.1) is 0 Å². The molecule has 0 aliphatic heterocycles. The van der Waals surface area contributed by atoms with Crippen molar-refractivity contribution in [2.24, 2.45) is 0 Å². The number of aliphatic hydroxyl groups excluding tert-OH is 1. The molecule has 0 amide bonds. The molecule has 0 aromatic carbocycles. The lowest BCUT2D eigenvalue weighted by Crippen LogP contribution is -2.42. The molecule has 0 heterocycles. The number of nitrogens with zero attached hydrogens (tertiary/aromatic N) is 1. The maximum atomic E-state index is 10.0. The highest BCUT2D eigenvalue weighted by atomic mass is 79.9. The maximum Gasteiger partial charge on any atom is 0.155 e. The first-order chi connectivity index (χ1) is 13.7. The minimum atomic E-state index is -0.611. The van der Waals surface area contributed by atoms with Crippen LogP contribution in [-0.2, 0) is 4.74 Å². The number of rotatable bonds is 20. The monoisotopic (exact) mass is 542 g/mol. The van der Waals surface area contributed by atoms with Crippen molar-refractivity contribution in [1.29, 1.82) is 0 Å². The first-order valence-corrected chi connectivity index (χ1v) is 13.9. The van der Waals surface area contributed by atoms with Crippen molar-refractivity contribution in [3.8, 4) is 0 Å². The number of likely N-dealkylation sites (N-methyl/N-ethyl adjacent to an activating group) is 1. The van der Waals surface area contributed by atoms with E-state index < -0.39 is 6.29 Å². The number of hydrogen-bond acceptors (Lipinski definition) is 2. The topological polar surface area (TPSA) is 29.5 Å². The van der Waals surface area contributed by atoms with Crippen LogP contribution in [0.4, 0.5) is 0 Å². The van der Waals surface area contributed by atoms with Crippen LogP contribution in [0.2, 0.25) is 0 Å². The van der Waals surface area contributed by atoms with Crippen LogP contribution in [0, 0.1) is 0 Å². The molecule has 176 valence electrons. The molecule has 29 heavy (non-hydrogen) atoms. The number of unbranched alkanes of at least 4 members (excludes halogenated alkanes) is 9. The van der Waals surface area contributed by atoms with Crippen molar-refractivity contribution >= 4 is 31.9 Å². The van der Waals surface area contributed by atoms with Gasteiger partial charge < -0.3 is 14.3 Å². The Balaban J connectivity index is 3.56. The summed E-state index contributed by atoms with van der Waals surface area (Å²) in [5, 5.41) is 10.0. The standard InChI is InChI=1S/C24H50Br2NO2/c1-6-7-8-9-11-14-17-22(25)23(26)18-15-12-10-13-16-19-24(28)29-21(2)20-27(3,4)5/h21-24,28H,6-20H2,1-5H3/q+1. The molecule has 0 radical (unpaired) electrons. The van der Waals surface area contributed by atoms with E-state index in [0.29, 0.717) is 9.65 Å². The van der Waals surface area contributed by atoms with Crippen LogP contribution in [-0.4, -0.2) is 59.3 Å². The predicted molar refractivity (Wildman–Crippen MR) is 135 cm³/mol. The molecule has 0 spiro atoms. The maximum absolute atomic E-state index is 10.0. The summed E-state index contributed by atoms with van der Waals surface area (Å²) >= 11 is 7.77. The van der Waals surface area contributed by atoms with Gasteiger partial charge in [-0.05, 0) is 32.6 Å². The van der Waals surface area contributed by atoms with E-state index in [2.05, 4.69) is 59.9 Å². The molecule has 4 unspecified atom stereocenters. The molecule has 5 heteroatoms. The Labute approximate surface area is 199 Å². The third-order valence-electron chi connectivity index (χ3n) is 5.35. The largest absolute Gasteiger partial charge is 0.368 e. The second kappa shape index (κ2) is 18.4. The van der Waals surface area contributed by atoms with E-state index in [4.69, 9.17) is 4.74 Å².